The van der Waals surface area contributed by atoms with E-state index < -0.39 is 17.8 Å². The highest BCUT2D eigenvalue weighted by molar-refractivity contribution is 5.97. The molecule has 1 amide bonds. The molecule has 0 aromatic heterocycles. The van der Waals surface area contributed by atoms with E-state index in [0.717, 1.165) is 19.3 Å². The van der Waals surface area contributed by atoms with Gasteiger partial charge in [0.05, 0.1) is 11.8 Å². The Hall–Kier alpha value is -2.17. The van der Waals surface area contributed by atoms with E-state index in [0.29, 0.717) is 11.3 Å². The Morgan fingerprint density at radius 2 is 1.64 bits per heavy atom. The van der Waals surface area contributed by atoms with Crippen molar-refractivity contribution in [1.29, 1.82) is 0 Å². The number of Topliss-reactive ketones (excluding diaryl/α,β-unsaturated/α-hetero) is 1. The van der Waals surface area contributed by atoms with Crippen LogP contribution in [-0.4, -0.2) is 22.8 Å². The summed E-state index contributed by atoms with van der Waals surface area (Å²) in [6.45, 7) is 1.49. The van der Waals surface area contributed by atoms with Crippen LogP contribution in [0.2, 0.25) is 0 Å². The lowest BCUT2D eigenvalue weighted by Gasteiger charge is -2.27. The van der Waals surface area contributed by atoms with Gasteiger partial charge < -0.3 is 10.4 Å². The summed E-state index contributed by atoms with van der Waals surface area (Å²) in [5.74, 6) is -1.79. The number of carboxylic acid groups (broad SMARTS) is 1. The van der Waals surface area contributed by atoms with E-state index in [2.05, 4.69) is 5.32 Å². The maximum Gasteiger partial charge on any atom is 0.307 e. The molecule has 0 unspecified atom stereocenters. The Kier molecular flexibility index (Phi) is 3.72. The Balaban J connectivity index is 1.73. The minimum atomic E-state index is -0.862. The van der Waals surface area contributed by atoms with E-state index in [1.807, 2.05) is 0 Å². The van der Waals surface area contributed by atoms with Crippen LogP contribution in [0, 0.1) is 23.7 Å². The second kappa shape index (κ2) is 5.55. The molecule has 5 nitrogen and oxygen atoms in total. The normalized spacial score (nSPS) is 29.3. The van der Waals surface area contributed by atoms with Crippen LogP contribution >= 0.6 is 0 Å². The number of amides is 1. The van der Waals surface area contributed by atoms with Gasteiger partial charge in [-0.3, -0.25) is 14.4 Å². The number of benzene rings is 1. The molecule has 0 spiro atoms. The van der Waals surface area contributed by atoms with Crippen LogP contribution in [0.15, 0.2) is 24.3 Å². The fraction of sp³-hybridized carbons (Fsp3) is 0.471. The number of rotatable bonds is 4. The van der Waals surface area contributed by atoms with Crippen molar-refractivity contribution in [3.8, 4) is 0 Å². The number of ketones is 1. The first-order chi connectivity index (χ1) is 10.5. The molecule has 2 bridgehead atoms. The molecule has 2 N–H and O–H groups in total. The Morgan fingerprint density at radius 1 is 1.05 bits per heavy atom. The number of aliphatic carboxylic acids is 1. The Bertz CT molecular complexity index is 622. The monoisotopic (exact) mass is 301 g/mol. The third kappa shape index (κ3) is 2.51. The molecular formula is C17H19NO4. The standard InChI is InChI=1S/C17H19NO4/c1-9(19)10-4-6-13(7-5-10)18-16(20)14-11-2-3-12(8-11)15(14)17(21)22/h4-7,11-12,14-15H,2-3,8H2,1H3,(H,18,20)(H,21,22)/t11-,12-,14-,15-/m0/s1. The zero-order chi connectivity index (χ0) is 15.9. The third-order valence-corrected chi connectivity index (χ3v) is 5.06. The lowest BCUT2D eigenvalue weighted by molar-refractivity contribution is -0.148. The SMILES string of the molecule is CC(=O)c1ccc(NC(=O)[C@H]2[C@H]3CC[C@@H](C3)[C@@H]2C(=O)O)cc1. The van der Waals surface area contributed by atoms with Crippen LogP contribution in [0.4, 0.5) is 5.69 Å². The molecule has 1 aromatic carbocycles. The highest BCUT2D eigenvalue weighted by atomic mass is 16.4. The van der Waals surface area contributed by atoms with Gasteiger partial charge in [0.1, 0.15) is 0 Å². The molecule has 2 saturated carbocycles. The minimum absolute atomic E-state index is 0.0306. The molecule has 4 atom stereocenters. The molecule has 1 aromatic rings. The number of fused-ring (bicyclic) bond motifs is 2. The van der Waals surface area contributed by atoms with E-state index in [1.54, 1.807) is 24.3 Å². The quantitative estimate of drug-likeness (QED) is 0.837. The molecule has 0 saturated heterocycles. The fourth-order valence-corrected chi connectivity index (χ4v) is 4.04. The molecule has 0 aliphatic heterocycles. The molecule has 2 aliphatic rings. The Morgan fingerprint density at radius 3 is 2.18 bits per heavy atom. The van der Waals surface area contributed by atoms with Crippen molar-refractivity contribution in [2.75, 3.05) is 5.32 Å². The van der Waals surface area contributed by atoms with Gasteiger partial charge in [-0.05, 0) is 62.3 Å². The van der Waals surface area contributed by atoms with Crippen LogP contribution in [0.1, 0.15) is 36.5 Å². The van der Waals surface area contributed by atoms with Crippen LogP contribution < -0.4 is 5.32 Å². The maximum atomic E-state index is 12.5. The second-order valence-corrected chi connectivity index (χ2v) is 6.35. The van der Waals surface area contributed by atoms with E-state index in [-0.39, 0.29) is 23.5 Å². The first kappa shape index (κ1) is 14.8. The van der Waals surface area contributed by atoms with E-state index in [9.17, 15) is 19.5 Å². The summed E-state index contributed by atoms with van der Waals surface area (Å²) in [7, 11) is 0. The summed E-state index contributed by atoms with van der Waals surface area (Å²) in [6, 6.07) is 6.68. The summed E-state index contributed by atoms with van der Waals surface area (Å²) in [4.78, 5) is 35.2. The van der Waals surface area contributed by atoms with Crippen molar-refractivity contribution >= 4 is 23.3 Å². The zero-order valence-corrected chi connectivity index (χ0v) is 12.4. The predicted molar refractivity (Wildman–Crippen MR) is 80.5 cm³/mol. The summed E-state index contributed by atoms with van der Waals surface area (Å²) in [5, 5.41) is 12.2. The molecule has 116 valence electrons. The number of carboxylic acids is 1. The van der Waals surface area contributed by atoms with Gasteiger partial charge >= 0.3 is 5.97 Å². The number of carbonyl (C=O) groups is 3. The summed E-state index contributed by atoms with van der Waals surface area (Å²) in [6.07, 6.45) is 2.70. The molecule has 0 heterocycles. The topological polar surface area (TPSA) is 83.5 Å². The van der Waals surface area contributed by atoms with Crippen molar-refractivity contribution in [1.82, 2.24) is 0 Å². The third-order valence-electron chi connectivity index (χ3n) is 5.06. The smallest absolute Gasteiger partial charge is 0.307 e. The molecule has 2 aliphatic carbocycles. The van der Waals surface area contributed by atoms with E-state index in [4.69, 9.17) is 0 Å². The largest absolute Gasteiger partial charge is 0.481 e. The van der Waals surface area contributed by atoms with Crippen molar-refractivity contribution in [2.45, 2.75) is 26.2 Å². The molecule has 2 fully saturated rings. The van der Waals surface area contributed by atoms with Crippen LogP contribution in [0.25, 0.3) is 0 Å². The summed E-state index contributed by atoms with van der Waals surface area (Å²) < 4.78 is 0. The zero-order valence-electron chi connectivity index (χ0n) is 12.4. The van der Waals surface area contributed by atoms with Gasteiger partial charge in [-0.2, -0.15) is 0 Å². The number of hydrogen-bond donors (Lipinski definition) is 2. The average molecular weight is 301 g/mol. The molecule has 0 radical (unpaired) electrons. The summed E-state index contributed by atoms with van der Waals surface area (Å²) in [5.41, 5.74) is 1.18. The molecule has 3 rings (SSSR count). The first-order valence-corrected chi connectivity index (χ1v) is 7.62. The van der Waals surface area contributed by atoms with E-state index >= 15 is 0 Å². The lowest BCUT2D eigenvalue weighted by Crippen LogP contribution is -2.37. The second-order valence-electron chi connectivity index (χ2n) is 6.35. The van der Waals surface area contributed by atoms with Crippen molar-refractivity contribution in [2.24, 2.45) is 23.7 Å². The van der Waals surface area contributed by atoms with Gasteiger partial charge in [-0.15, -0.1) is 0 Å². The van der Waals surface area contributed by atoms with Crippen molar-refractivity contribution in [3.63, 3.8) is 0 Å². The minimum Gasteiger partial charge on any atom is -0.481 e. The van der Waals surface area contributed by atoms with Crippen LogP contribution in [-0.2, 0) is 9.59 Å². The molecule has 5 heteroatoms. The predicted octanol–water partition coefficient (Wildman–Crippen LogP) is 2.57. The van der Waals surface area contributed by atoms with E-state index in [1.165, 1.54) is 6.92 Å². The highest BCUT2D eigenvalue weighted by Gasteiger charge is 2.53. The fourth-order valence-electron chi connectivity index (χ4n) is 4.04. The van der Waals surface area contributed by atoms with Gasteiger partial charge in [-0.1, -0.05) is 0 Å². The first-order valence-electron chi connectivity index (χ1n) is 7.62. The van der Waals surface area contributed by atoms with Gasteiger partial charge in [-0.25, -0.2) is 0 Å². The number of nitrogens with one attached hydrogen (secondary N) is 1. The molecular weight excluding hydrogens is 282 g/mol. The number of anilines is 1. The maximum absolute atomic E-state index is 12.5. The van der Waals surface area contributed by atoms with Crippen LogP contribution in [0.3, 0.4) is 0 Å². The summed E-state index contributed by atoms with van der Waals surface area (Å²) >= 11 is 0. The lowest BCUT2D eigenvalue weighted by atomic mass is 9.78. The molecule has 22 heavy (non-hydrogen) atoms. The van der Waals surface area contributed by atoms with Crippen molar-refractivity contribution < 1.29 is 19.5 Å². The number of carbonyl (C=O) groups excluding carboxylic acids is 2. The van der Waals surface area contributed by atoms with Gasteiger partial charge in [0.2, 0.25) is 5.91 Å². The average Bonchev–Trinajstić information content (AvgIpc) is 3.08. The van der Waals surface area contributed by atoms with Gasteiger partial charge in [0, 0.05) is 11.3 Å². The Labute approximate surface area is 128 Å². The van der Waals surface area contributed by atoms with Gasteiger partial charge in [0.15, 0.2) is 5.78 Å². The number of hydrogen-bond acceptors (Lipinski definition) is 3. The van der Waals surface area contributed by atoms with Crippen molar-refractivity contribution in [3.05, 3.63) is 29.8 Å². The van der Waals surface area contributed by atoms with Gasteiger partial charge in [0.25, 0.3) is 0 Å². The van der Waals surface area contributed by atoms with Crippen LogP contribution in [0.5, 0.6) is 0 Å². The highest BCUT2D eigenvalue weighted by Crippen LogP contribution is 2.52.